The molecule has 1 aromatic rings. The second-order valence-electron chi connectivity index (χ2n) is 5.36. The van der Waals surface area contributed by atoms with Crippen molar-refractivity contribution in [3.63, 3.8) is 0 Å². The van der Waals surface area contributed by atoms with Crippen LogP contribution in [0.15, 0.2) is 6.20 Å². The summed E-state index contributed by atoms with van der Waals surface area (Å²) < 4.78 is 7.22. The Bertz CT molecular complexity index is 469. The van der Waals surface area contributed by atoms with E-state index in [-0.39, 0.29) is 11.7 Å². The predicted molar refractivity (Wildman–Crippen MR) is 66.0 cm³/mol. The maximum atomic E-state index is 10.8. The van der Waals surface area contributed by atoms with Crippen LogP contribution in [-0.4, -0.2) is 62.8 Å². The highest BCUT2D eigenvalue weighted by atomic mass is 16.5. The first-order valence-electron chi connectivity index (χ1n) is 6.64. The third-order valence-electron chi connectivity index (χ3n) is 3.97. The SMILES string of the molecule is CC1CC(N2CC(n3cc(C(=O)O)nn3)C2)CCO1. The van der Waals surface area contributed by atoms with E-state index in [1.807, 2.05) is 0 Å². The van der Waals surface area contributed by atoms with Crippen LogP contribution < -0.4 is 0 Å². The molecule has 1 N–H and O–H groups in total. The van der Waals surface area contributed by atoms with Crippen LogP contribution in [-0.2, 0) is 4.74 Å². The van der Waals surface area contributed by atoms with Crippen molar-refractivity contribution in [3.05, 3.63) is 11.9 Å². The van der Waals surface area contributed by atoms with Gasteiger partial charge in [-0.05, 0) is 19.8 Å². The summed E-state index contributed by atoms with van der Waals surface area (Å²) in [7, 11) is 0. The van der Waals surface area contributed by atoms with Crippen molar-refractivity contribution in [2.75, 3.05) is 19.7 Å². The lowest BCUT2D eigenvalue weighted by molar-refractivity contribution is -0.0475. The molecular formula is C12H18N4O3. The highest BCUT2D eigenvalue weighted by Crippen LogP contribution is 2.28. The maximum Gasteiger partial charge on any atom is 0.358 e. The lowest BCUT2D eigenvalue weighted by atomic mass is 9.97. The molecule has 19 heavy (non-hydrogen) atoms. The molecule has 0 aromatic carbocycles. The van der Waals surface area contributed by atoms with Crippen LogP contribution in [0.5, 0.6) is 0 Å². The van der Waals surface area contributed by atoms with Crippen molar-refractivity contribution in [2.24, 2.45) is 0 Å². The van der Waals surface area contributed by atoms with Crippen LogP contribution in [0.4, 0.5) is 0 Å². The fourth-order valence-corrected chi connectivity index (χ4v) is 2.81. The fraction of sp³-hybridized carbons (Fsp3) is 0.750. The summed E-state index contributed by atoms with van der Waals surface area (Å²) >= 11 is 0. The third kappa shape index (κ3) is 2.48. The largest absolute Gasteiger partial charge is 0.476 e. The average Bonchev–Trinajstić information content (AvgIpc) is 2.76. The van der Waals surface area contributed by atoms with E-state index < -0.39 is 5.97 Å². The van der Waals surface area contributed by atoms with Crippen LogP contribution in [0.3, 0.4) is 0 Å². The van der Waals surface area contributed by atoms with Gasteiger partial charge in [0, 0.05) is 25.7 Å². The molecule has 2 unspecified atom stereocenters. The van der Waals surface area contributed by atoms with E-state index in [4.69, 9.17) is 9.84 Å². The maximum absolute atomic E-state index is 10.8. The van der Waals surface area contributed by atoms with Gasteiger partial charge >= 0.3 is 5.97 Å². The van der Waals surface area contributed by atoms with Crippen molar-refractivity contribution >= 4 is 5.97 Å². The Kier molecular flexibility index (Phi) is 3.24. The summed E-state index contributed by atoms with van der Waals surface area (Å²) in [6, 6.07) is 0.834. The molecule has 7 heteroatoms. The number of aromatic nitrogens is 3. The van der Waals surface area contributed by atoms with Crippen molar-refractivity contribution in [2.45, 2.75) is 38.0 Å². The first-order valence-corrected chi connectivity index (χ1v) is 6.64. The molecule has 3 rings (SSSR count). The van der Waals surface area contributed by atoms with E-state index in [1.54, 1.807) is 4.68 Å². The Morgan fingerprint density at radius 3 is 2.89 bits per heavy atom. The molecule has 0 radical (unpaired) electrons. The minimum Gasteiger partial charge on any atom is -0.476 e. The average molecular weight is 266 g/mol. The van der Waals surface area contributed by atoms with Gasteiger partial charge in [0.15, 0.2) is 5.69 Å². The van der Waals surface area contributed by atoms with E-state index >= 15 is 0 Å². The lowest BCUT2D eigenvalue weighted by Gasteiger charge is -2.46. The number of carboxylic acid groups (broad SMARTS) is 1. The summed E-state index contributed by atoms with van der Waals surface area (Å²) in [5.74, 6) is -1.03. The molecule has 1 aromatic heterocycles. The standard InChI is InChI=1S/C12H18N4O3/c1-8-4-9(2-3-19-8)15-5-10(6-15)16-7-11(12(17)18)13-14-16/h7-10H,2-6H2,1H3,(H,17,18). The van der Waals surface area contributed by atoms with Crippen LogP contribution >= 0.6 is 0 Å². The molecular weight excluding hydrogens is 248 g/mol. The molecule has 0 amide bonds. The smallest absolute Gasteiger partial charge is 0.358 e. The molecule has 2 fully saturated rings. The first kappa shape index (κ1) is 12.6. The van der Waals surface area contributed by atoms with Gasteiger partial charge in [-0.3, -0.25) is 4.90 Å². The van der Waals surface area contributed by atoms with Gasteiger partial charge in [-0.25, -0.2) is 9.48 Å². The minimum atomic E-state index is -1.03. The Morgan fingerprint density at radius 1 is 1.47 bits per heavy atom. The monoisotopic (exact) mass is 266 g/mol. The third-order valence-corrected chi connectivity index (χ3v) is 3.97. The van der Waals surface area contributed by atoms with Crippen LogP contribution in [0.1, 0.15) is 36.3 Å². The second kappa shape index (κ2) is 4.90. The number of hydrogen-bond acceptors (Lipinski definition) is 5. The quantitative estimate of drug-likeness (QED) is 0.853. The van der Waals surface area contributed by atoms with Gasteiger partial charge in [-0.2, -0.15) is 0 Å². The second-order valence-corrected chi connectivity index (χ2v) is 5.36. The first-order chi connectivity index (χ1) is 9.13. The summed E-state index contributed by atoms with van der Waals surface area (Å²) in [5, 5.41) is 16.3. The number of aromatic carboxylic acids is 1. The van der Waals surface area contributed by atoms with Crippen molar-refractivity contribution < 1.29 is 14.6 Å². The zero-order chi connectivity index (χ0) is 13.4. The Morgan fingerprint density at radius 2 is 2.26 bits per heavy atom. The molecule has 0 bridgehead atoms. The molecule has 2 atom stereocenters. The minimum absolute atomic E-state index is 0.0122. The van der Waals surface area contributed by atoms with Gasteiger partial charge in [0.1, 0.15) is 0 Å². The number of ether oxygens (including phenoxy) is 1. The molecule has 7 nitrogen and oxygen atoms in total. The molecule has 0 aliphatic carbocycles. The zero-order valence-electron chi connectivity index (χ0n) is 10.9. The van der Waals surface area contributed by atoms with Crippen LogP contribution in [0.25, 0.3) is 0 Å². The fourth-order valence-electron chi connectivity index (χ4n) is 2.81. The van der Waals surface area contributed by atoms with E-state index in [9.17, 15) is 4.79 Å². The number of carbonyl (C=O) groups is 1. The van der Waals surface area contributed by atoms with Gasteiger partial charge in [-0.1, -0.05) is 5.21 Å². The van der Waals surface area contributed by atoms with Gasteiger partial charge in [0.25, 0.3) is 0 Å². The molecule has 2 saturated heterocycles. The molecule has 2 aliphatic rings. The van der Waals surface area contributed by atoms with E-state index in [0.29, 0.717) is 12.1 Å². The van der Waals surface area contributed by atoms with Crippen molar-refractivity contribution in [1.82, 2.24) is 19.9 Å². The lowest BCUT2D eigenvalue weighted by Crippen LogP contribution is -2.54. The van der Waals surface area contributed by atoms with E-state index in [2.05, 4.69) is 22.1 Å². The molecule has 2 aliphatic heterocycles. The van der Waals surface area contributed by atoms with Gasteiger partial charge in [0.05, 0.1) is 18.3 Å². The van der Waals surface area contributed by atoms with Crippen molar-refractivity contribution in [1.29, 1.82) is 0 Å². The summed E-state index contributed by atoms with van der Waals surface area (Å²) in [5.41, 5.74) is 0.0122. The Balaban J connectivity index is 1.55. The Hall–Kier alpha value is -1.47. The molecule has 0 saturated carbocycles. The zero-order valence-corrected chi connectivity index (χ0v) is 10.9. The number of likely N-dealkylation sites (tertiary alicyclic amines) is 1. The van der Waals surface area contributed by atoms with Gasteiger partial charge in [-0.15, -0.1) is 5.10 Å². The number of hydrogen-bond donors (Lipinski definition) is 1. The predicted octanol–water partition coefficient (Wildman–Crippen LogP) is 0.400. The number of carboxylic acids is 1. The number of rotatable bonds is 3. The number of nitrogens with zero attached hydrogens (tertiary/aromatic N) is 4. The van der Waals surface area contributed by atoms with Gasteiger partial charge in [0.2, 0.25) is 0 Å². The summed E-state index contributed by atoms with van der Waals surface area (Å²) in [4.78, 5) is 13.2. The highest BCUT2D eigenvalue weighted by molar-refractivity contribution is 5.84. The van der Waals surface area contributed by atoms with Crippen molar-refractivity contribution in [3.8, 4) is 0 Å². The Labute approximate surface area is 111 Å². The summed E-state index contributed by atoms with van der Waals surface area (Å²) in [6.07, 6.45) is 4.00. The van der Waals surface area contributed by atoms with E-state index in [0.717, 1.165) is 32.5 Å². The normalized spacial score (nSPS) is 29.1. The van der Waals surface area contributed by atoms with Crippen LogP contribution in [0.2, 0.25) is 0 Å². The molecule has 104 valence electrons. The molecule has 3 heterocycles. The summed E-state index contributed by atoms with van der Waals surface area (Å²) in [6.45, 7) is 4.78. The highest BCUT2D eigenvalue weighted by Gasteiger charge is 2.36. The topological polar surface area (TPSA) is 80.5 Å². The van der Waals surface area contributed by atoms with Crippen LogP contribution in [0, 0.1) is 0 Å². The van der Waals surface area contributed by atoms with Gasteiger partial charge < -0.3 is 9.84 Å². The molecule has 0 spiro atoms. The van der Waals surface area contributed by atoms with E-state index in [1.165, 1.54) is 6.20 Å².